The molecule has 3 heteroatoms. The standard InChI is InChI=1S/C20H22O3/c1-10-6-21-7-15-18(10)16-8-22-14(5)12(3)20(16)17-9-23-13(4)11(2)19(15)17/h13-14H,1-3,6-9H2,4-5H3. The van der Waals surface area contributed by atoms with Gasteiger partial charge >= 0.3 is 0 Å². The van der Waals surface area contributed by atoms with Crippen LogP contribution < -0.4 is 0 Å². The van der Waals surface area contributed by atoms with Crippen molar-refractivity contribution in [2.24, 2.45) is 0 Å². The van der Waals surface area contributed by atoms with Crippen LogP contribution in [0.3, 0.4) is 0 Å². The Labute approximate surface area is 137 Å². The van der Waals surface area contributed by atoms with Crippen molar-refractivity contribution in [3.63, 3.8) is 0 Å². The van der Waals surface area contributed by atoms with E-state index in [0.29, 0.717) is 26.4 Å². The minimum atomic E-state index is 0.0189. The van der Waals surface area contributed by atoms with Crippen molar-refractivity contribution in [2.45, 2.75) is 45.9 Å². The lowest BCUT2D eigenvalue weighted by Crippen LogP contribution is -2.29. The van der Waals surface area contributed by atoms with Gasteiger partial charge in [0.05, 0.1) is 38.6 Å². The number of benzene rings is 1. The van der Waals surface area contributed by atoms with Crippen molar-refractivity contribution in [1.29, 1.82) is 0 Å². The molecule has 1 aromatic rings. The summed E-state index contributed by atoms with van der Waals surface area (Å²) in [5.74, 6) is 0. The van der Waals surface area contributed by atoms with Gasteiger partial charge in [-0.15, -0.1) is 0 Å². The van der Waals surface area contributed by atoms with E-state index in [1.807, 2.05) is 0 Å². The zero-order valence-electron chi connectivity index (χ0n) is 13.8. The first kappa shape index (κ1) is 14.9. The van der Waals surface area contributed by atoms with Crippen LogP contribution in [0, 0.1) is 0 Å². The monoisotopic (exact) mass is 310 g/mol. The van der Waals surface area contributed by atoms with Crippen LogP contribution in [0.4, 0.5) is 0 Å². The number of fused-ring (bicyclic) bond motifs is 6. The van der Waals surface area contributed by atoms with Gasteiger partial charge in [-0.05, 0) is 63.9 Å². The maximum absolute atomic E-state index is 5.94. The molecule has 0 spiro atoms. The molecule has 0 bridgehead atoms. The Hall–Kier alpha value is -1.68. The molecule has 0 aliphatic carbocycles. The molecule has 0 saturated carbocycles. The zero-order chi connectivity index (χ0) is 16.3. The van der Waals surface area contributed by atoms with Gasteiger partial charge in [-0.25, -0.2) is 0 Å². The molecular formula is C20H22O3. The van der Waals surface area contributed by atoms with E-state index in [-0.39, 0.29) is 12.2 Å². The van der Waals surface area contributed by atoms with E-state index in [0.717, 1.165) is 16.7 Å². The summed E-state index contributed by atoms with van der Waals surface area (Å²) in [5.41, 5.74) is 10.3. The molecule has 0 amide bonds. The van der Waals surface area contributed by atoms with Crippen LogP contribution >= 0.6 is 0 Å². The maximum Gasteiger partial charge on any atom is 0.0801 e. The largest absolute Gasteiger partial charge is 0.372 e. The lowest BCUT2D eigenvalue weighted by molar-refractivity contribution is 0.0734. The fraction of sp³-hybridized carbons (Fsp3) is 0.400. The minimum Gasteiger partial charge on any atom is -0.372 e. The Morgan fingerprint density at radius 1 is 0.696 bits per heavy atom. The van der Waals surface area contributed by atoms with Gasteiger partial charge in [0.1, 0.15) is 0 Å². The Morgan fingerprint density at radius 3 is 1.74 bits per heavy atom. The molecule has 3 aliphatic heterocycles. The smallest absolute Gasteiger partial charge is 0.0801 e. The summed E-state index contributed by atoms with van der Waals surface area (Å²) < 4.78 is 17.6. The molecule has 3 heterocycles. The van der Waals surface area contributed by atoms with Crippen LogP contribution in [-0.2, 0) is 34.0 Å². The van der Waals surface area contributed by atoms with Crippen LogP contribution in [0.1, 0.15) is 47.2 Å². The van der Waals surface area contributed by atoms with Gasteiger partial charge in [0, 0.05) is 0 Å². The topological polar surface area (TPSA) is 27.7 Å². The van der Waals surface area contributed by atoms with Crippen LogP contribution in [0.15, 0.2) is 19.7 Å². The molecule has 0 saturated heterocycles. The number of rotatable bonds is 0. The molecule has 0 radical (unpaired) electrons. The Balaban J connectivity index is 2.09. The van der Waals surface area contributed by atoms with E-state index >= 15 is 0 Å². The van der Waals surface area contributed by atoms with Gasteiger partial charge in [0.2, 0.25) is 0 Å². The highest BCUT2D eigenvalue weighted by Crippen LogP contribution is 2.46. The highest BCUT2D eigenvalue weighted by molar-refractivity contribution is 5.88. The molecule has 4 rings (SSSR count). The van der Waals surface area contributed by atoms with Gasteiger partial charge in [-0.2, -0.15) is 0 Å². The van der Waals surface area contributed by atoms with Gasteiger partial charge < -0.3 is 14.2 Å². The highest BCUT2D eigenvalue weighted by atomic mass is 16.5. The third-order valence-electron chi connectivity index (χ3n) is 5.27. The average molecular weight is 310 g/mol. The predicted molar refractivity (Wildman–Crippen MR) is 91.7 cm³/mol. The van der Waals surface area contributed by atoms with Crippen molar-refractivity contribution in [1.82, 2.24) is 0 Å². The third-order valence-corrected chi connectivity index (χ3v) is 5.27. The van der Waals surface area contributed by atoms with Crippen LogP contribution in [0.5, 0.6) is 0 Å². The van der Waals surface area contributed by atoms with Gasteiger partial charge in [-0.1, -0.05) is 19.7 Å². The Kier molecular flexibility index (Phi) is 3.34. The van der Waals surface area contributed by atoms with Gasteiger partial charge in [0.15, 0.2) is 0 Å². The summed E-state index contributed by atoms with van der Waals surface area (Å²) in [5, 5.41) is 0. The summed E-state index contributed by atoms with van der Waals surface area (Å²) in [6, 6.07) is 0. The zero-order valence-corrected chi connectivity index (χ0v) is 13.8. The van der Waals surface area contributed by atoms with Gasteiger partial charge in [-0.3, -0.25) is 0 Å². The molecule has 0 aromatic heterocycles. The number of hydrogen-bond donors (Lipinski definition) is 0. The van der Waals surface area contributed by atoms with Crippen molar-refractivity contribution in [3.8, 4) is 0 Å². The van der Waals surface area contributed by atoms with E-state index < -0.39 is 0 Å². The van der Waals surface area contributed by atoms with Crippen LogP contribution in [0.25, 0.3) is 16.7 Å². The molecule has 1 aromatic carbocycles. The van der Waals surface area contributed by atoms with Crippen molar-refractivity contribution >= 4 is 16.7 Å². The number of hydrogen-bond acceptors (Lipinski definition) is 3. The number of ether oxygens (including phenoxy) is 3. The average Bonchev–Trinajstić information content (AvgIpc) is 2.53. The fourth-order valence-corrected chi connectivity index (χ4v) is 3.93. The molecule has 2 atom stereocenters. The summed E-state index contributed by atoms with van der Waals surface area (Å²) in [6.45, 7) is 19.3. The van der Waals surface area contributed by atoms with E-state index in [1.165, 1.54) is 33.4 Å². The van der Waals surface area contributed by atoms with E-state index in [4.69, 9.17) is 14.2 Å². The maximum atomic E-state index is 5.94. The van der Waals surface area contributed by atoms with Crippen LogP contribution in [-0.4, -0.2) is 18.8 Å². The molecule has 0 fully saturated rings. The van der Waals surface area contributed by atoms with E-state index in [9.17, 15) is 0 Å². The summed E-state index contributed by atoms with van der Waals surface area (Å²) in [4.78, 5) is 0. The lowest BCUT2D eigenvalue weighted by Gasteiger charge is -2.38. The molecule has 120 valence electrons. The second-order valence-corrected chi connectivity index (χ2v) is 6.61. The molecule has 2 unspecified atom stereocenters. The van der Waals surface area contributed by atoms with Crippen molar-refractivity contribution in [3.05, 3.63) is 53.1 Å². The first-order chi connectivity index (χ1) is 11.0. The quantitative estimate of drug-likeness (QED) is 0.722. The molecule has 23 heavy (non-hydrogen) atoms. The summed E-state index contributed by atoms with van der Waals surface area (Å²) >= 11 is 0. The van der Waals surface area contributed by atoms with Gasteiger partial charge in [0.25, 0.3) is 0 Å². The summed E-state index contributed by atoms with van der Waals surface area (Å²) in [6.07, 6.45) is 0.0377. The van der Waals surface area contributed by atoms with Crippen molar-refractivity contribution in [2.75, 3.05) is 6.61 Å². The molecule has 3 nitrogen and oxygen atoms in total. The first-order valence-electron chi connectivity index (χ1n) is 8.08. The highest BCUT2D eigenvalue weighted by Gasteiger charge is 2.35. The fourth-order valence-electron chi connectivity index (χ4n) is 3.93. The second kappa shape index (κ2) is 5.17. The Morgan fingerprint density at radius 2 is 1.17 bits per heavy atom. The lowest BCUT2D eigenvalue weighted by atomic mass is 9.76. The third kappa shape index (κ3) is 2.01. The molecule has 0 N–H and O–H groups in total. The van der Waals surface area contributed by atoms with Crippen molar-refractivity contribution < 1.29 is 14.2 Å². The first-order valence-corrected chi connectivity index (χ1v) is 8.08. The van der Waals surface area contributed by atoms with E-state index in [1.54, 1.807) is 0 Å². The normalized spacial score (nSPS) is 26.6. The minimum absolute atomic E-state index is 0.0189. The SMILES string of the molecule is C=C1COCc2c1c1c(c3c2C(=C)C(C)OC3)C(=C)C(C)OC1. The second-order valence-electron chi connectivity index (χ2n) is 6.61. The summed E-state index contributed by atoms with van der Waals surface area (Å²) in [7, 11) is 0. The molecular weight excluding hydrogens is 288 g/mol. The Bertz CT molecular complexity index is 720. The predicted octanol–water partition coefficient (Wildman–Crippen LogP) is 4.09. The van der Waals surface area contributed by atoms with Crippen LogP contribution in [0.2, 0.25) is 0 Å². The van der Waals surface area contributed by atoms with E-state index in [2.05, 4.69) is 33.6 Å². The molecule has 3 aliphatic rings.